The maximum Gasteiger partial charge on any atom is 0.410 e. The zero-order chi connectivity index (χ0) is 16.2. The Labute approximate surface area is 134 Å². The molecule has 22 heavy (non-hydrogen) atoms. The van der Waals surface area contributed by atoms with E-state index in [1.54, 1.807) is 0 Å². The molecule has 5 nitrogen and oxygen atoms in total. The molecule has 0 aromatic rings. The molecule has 2 rings (SSSR count). The molecule has 0 spiro atoms. The topological polar surface area (TPSA) is 50.8 Å². The average molecular weight is 312 g/mol. The normalized spacial score (nSPS) is 29.6. The van der Waals surface area contributed by atoms with Crippen molar-refractivity contribution < 1.29 is 14.3 Å². The number of carbonyl (C=O) groups excluding carboxylic acids is 1. The monoisotopic (exact) mass is 312 g/mol. The SMILES string of the molecule is CCOC1CC(NC2CCCCN(C(=O)OC(C)(C)C)C2)C1. The zero-order valence-electron chi connectivity index (χ0n) is 14.6. The number of carbonyl (C=O) groups is 1. The van der Waals surface area contributed by atoms with Gasteiger partial charge in [-0.2, -0.15) is 0 Å². The lowest BCUT2D eigenvalue weighted by Gasteiger charge is -2.38. The van der Waals surface area contributed by atoms with E-state index in [4.69, 9.17) is 9.47 Å². The first-order chi connectivity index (χ1) is 10.4. The Morgan fingerprint density at radius 3 is 2.59 bits per heavy atom. The minimum absolute atomic E-state index is 0.179. The Bertz CT molecular complexity index is 361. The molecular weight excluding hydrogens is 280 g/mol. The highest BCUT2D eigenvalue weighted by atomic mass is 16.6. The first-order valence-electron chi connectivity index (χ1n) is 8.73. The third-order valence-corrected chi connectivity index (χ3v) is 4.29. The standard InChI is InChI=1S/C17H32N2O3/c1-5-21-15-10-14(11-15)18-13-8-6-7-9-19(12-13)16(20)22-17(2,3)4/h13-15,18H,5-12H2,1-4H3. The van der Waals surface area contributed by atoms with E-state index in [2.05, 4.69) is 5.32 Å². The van der Waals surface area contributed by atoms with Gasteiger partial charge in [-0.15, -0.1) is 0 Å². The molecule has 0 radical (unpaired) electrons. The fourth-order valence-corrected chi connectivity index (χ4v) is 3.18. The van der Waals surface area contributed by atoms with Crippen LogP contribution in [0.1, 0.15) is 59.8 Å². The Morgan fingerprint density at radius 1 is 1.23 bits per heavy atom. The van der Waals surface area contributed by atoms with Crippen LogP contribution in [0.4, 0.5) is 4.79 Å². The summed E-state index contributed by atoms with van der Waals surface area (Å²) in [5.41, 5.74) is -0.426. The molecule has 0 aromatic carbocycles. The van der Waals surface area contributed by atoms with E-state index in [0.717, 1.165) is 45.4 Å². The lowest BCUT2D eigenvalue weighted by molar-refractivity contribution is -0.0141. The number of hydrogen-bond acceptors (Lipinski definition) is 4. The third-order valence-electron chi connectivity index (χ3n) is 4.29. The Hall–Kier alpha value is -0.810. The molecule has 1 saturated heterocycles. The number of rotatable bonds is 4. The summed E-state index contributed by atoms with van der Waals surface area (Å²) < 4.78 is 11.1. The highest BCUT2D eigenvalue weighted by Crippen LogP contribution is 2.25. The van der Waals surface area contributed by atoms with E-state index in [1.165, 1.54) is 6.42 Å². The second-order valence-corrected chi connectivity index (χ2v) is 7.53. The summed E-state index contributed by atoms with van der Waals surface area (Å²) in [5, 5.41) is 3.70. The number of hydrogen-bond donors (Lipinski definition) is 1. The van der Waals surface area contributed by atoms with Crippen LogP contribution in [0.3, 0.4) is 0 Å². The summed E-state index contributed by atoms with van der Waals surface area (Å²) in [6, 6.07) is 0.919. The van der Waals surface area contributed by atoms with Crippen LogP contribution >= 0.6 is 0 Å². The second-order valence-electron chi connectivity index (χ2n) is 7.53. The fourth-order valence-electron chi connectivity index (χ4n) is 3.18. The van der Waals surface area contributed by atoms with Crippen molar-refractivity contribution in [3.05, 3.63) is 0 Å². The minimum Gasteiger partial charge on any atom is -0.444 e. The quantitative estimate of drug-likeness (QED) is 0.867. The van der Waals surface area contributed by atoms with Crippen LogP contribution in [0.15, 0.2) is 0 Å². The Kier molecular flexibility index (Phi) is 6.09. The number of likely N-dealkylation sites (tertiary alicyclic amines) is 1. The van der Waals surface area contributed by atoms with Gasteiger partial charge in [0.05, 0.1) is 6.10 Å². The summed E-state index contributed by atoms with van der Waals surface area (Å²) in [6.07, 6.45) is 5.79. The van der Waals surface area contributed by atoms with Gasteiger partial charge >= 0.3 is 6.09 Å². The predicted molar refractivity (Wildman–Crippen MR) is 87.0 cm³/mol. The molecule has 128 valence electrons. The van der Waals surface area contributed by atoms with Crippen molar-refractivity contribution in [3.63, 3.8) is 0 Å². The molecule has 0 aromatic heterocycles. The molecule has 1 atom stereocenters. The molecule has 1 aliphatic heterocycles. The van der Waals surface area contributed by atoms with E-state index in [9.17, 15) is 4.79 Å². The van der Waals surface area contributed by atoms with E-state index < -0.39 is 5.60 Å². The van der Waals surface area contributed by atoms with Crippen LogP contribution < -0.4 is 5.32 Å². The van der Waals surface area contributed by atoms with Crippen LogP contribution in [-0.4, -0.2) is 54.5 Å². The number of ether oxygens (including phenoxy) is 2. The molecule has 1 amide bonds. The van der Waals surface area contributed by atoms with E-state index in [0.29, 0.717) is 18.2 Å². The van der Waals surface area contributed by atoms with Gasteiger partial charge in [-0.1, -0.05) is 6.42 Å². The van der Waals surface area contributed by atoms with Gasteiger partial charge in [0.1, 0.15) is 5.60 Å². The summed E-state index contributed by atoms with van der Waals surface area (Å²) in [7, 11) is 0. The van der Waals surface area contributed by atoms with Gasteiger partial charge in [0.15, 0.2) is 0 Å². The minimum atomic E-state index is -0.426. The van der Waals surface area contributed by atoms with E-state index in [1.807, 2.05) is 32.6 Å². The lowest BCUT2D eigenvalue weighted by atomic mass is 9.88. The van der Waals surface area contributed by atoms with Crippen LogP contribution in [0.2, 0.25) is 0 Å². The Morgan fingerprint density at radius 2 is 1.95 bits per heavy atom. The summed E-state index contributed by atoms with van der Waals surface area (Å²) in [4.78, 5) is 14.1. The van der Waals surface area contributed by atoms with E-state index in [-0.39, 0.29) is 6.09 Å². The summed E-state index contributed by atoms with van der Waals surface area (Å²) >= 11 is 0. The third kappa shape index (κ3) is 5.43. The highest BCUT2D eigenvalue weighted by Gasteiger charge is 2.33. The van der Waals surface area contributed by atoms with Gasteiger partial charge in [-0.3, -0.25) is 0 Å². The summed E-state index contributed by atoms with van der Waals surface area (Å²) in [6.45, 7) is 10.2. The van der Waals surface area contributed by atoms with Gasteiger partial charge < -0.3 is 19.7 Å². The van der Waals surface area contributed by atoms with Crippen molar-refractivity contribution in [1.29, 1.82) is 0 Å². The van der Waals surface area contributed by atoms with Crippen LogP contribution in [0.5, 0.6) is 0 Å². The van der Waals surface area contributed by atoms with Crippen molar-refractivity contribution >= 4 is 6.09 Å². The molecule has 1 N–H and O–H groups in total. The molecule has 1 unspecified atom stereocenters. The molecule has 2 aliphatic rings. The second kappa shape index (κ2) is 7.64. The molecular formula is C17H32N2O3. The lowest BCUT2D eigenvalue weighted by Crippen LogP contribution is -2.52. The molecule has 5 heteroatoms. The van der Waals surface area contributed by atoms with Gasteiger partial charge in [0, 0.05) is 31.8 Å². The van der Waals surface area contributed by atoms with Crippen molar-refractivity contribution in [1.82, 2.24) is 10.2 Å². The van der Waals surface area contributed by atoms with Gasteiger partial charge in [0.25, 0.3) is 0 Å². The predicted octanol–water partition coefficient (Wildman–Crippen LogP) is 2.93. The largest absolute Gasteiger partial charge is 0.444 e. The first-order valence-corrected chi connectivity index (χ1v) is 8.73. The van der Waals surface area contributed by atoms with Gasteiger partial charge in [-0.25, -0.2) is 4.79 Å². The van der Waals surface area contributed by atoms with Crippen LogP contribution in [0.25, 0.3) is 0 Å². The molecule has 1 saturated carbocycles. The van der Waals surface area contributed by atoms with Gasteiger partial charge in [-0.05, 0) is 53.4 Å². The molecule has 1 heterocycles. The number of nitrogens with zero attached hydrogens (tertiary/aromatic N) is 1. The average Bonchev–Trinajstić information content (AvgIpc) is 2.60. The molecule has 1 aliphatic carbocycles. The van der Waals surface area contributed by atoms with Crippen molar-refractivity contribution in [3.8, 4) is 0 Å². The summed E-state index contributed by atoms with van der Waals surface area (Å²) in [5.74, 6) is 0. The van der Waals surface area contributed by atoms with Crippen LogP contribution in [0, 0.1) is 0 Å². The van der Waals surface area contributed by atoms with Crippen molar-refractivity contribution in [2.75, 3.05) is 19.7 Å². The van der Waals surface area contributed by atoms with Gasteiger partial charge in [0.2, 0.25) is 0 Å². The van der Waals surface area contributed by atoms with Crippen molar-refractivity contribution in [2.24, 2.45) is 0 Å². The fraction of sp³-hybridized carbons (Fsp3) is 0.941. The number of nitrogens with one attached hydrogen (secondary N) is 1. The molecule has 2 fully saturated rings. The molecule has 0 bridgehead atoms. The Balaban J connectivity index is 1.79. The maximum atomic E-state index is 12.3. The highest BCUT2D eigenvalue weighted by molar-refractivity contribution is 5.68. The number of amides is 1. The first kappa shape index (κ1) is 17.5. The van der Waals surface area contributed by atoms with Crippen LogP contribution in [-0.2, 0) is 9.47 Å². The smallest absolute Gasteiger partial charge is 0.410 e. The van der Waals surface area contributed by atoms with E-state index >= 15 is 0 Å². The van der Waals surface area contributed by atoms with Crippen molar-refractivity contribution in [2.45, 2.75) is 83.6 Å². The zero-order valence-corrected chi connectivity index (χ0v) is 14.6. The maximum absolute atomic E-state index is 12.3.